The summed E-state index contributed by atoms with van der Waals surface area (Å²) in [4.78, 5) is 24.6. The average Bonchev–Trinajstić information content (AvgIpc) is 3.49. The largest absolute Gasteiger partial charge is 0.465 e. The molecule has 1 aliphatic rings. The third kappa shape index (κ3) is 4.03. The van der Waals surface area contributed by atoms with Crippen LogP contribution in [-0.4, -0.2) is 28.8 Å². The molecule has 4 rings (SSSR count). The first-order chi connectivity index (χ1) is 14.8. The fourth-order valence-corrected chi connectivity index (χ4v) is 3.48. The lowest BCUT2D eigenvalue weighted by atomic mass is 10.1. The van der Waals surface area contributed by atoms with Crippen molar-refractivity contribution in [1.82, 2.24) is 9.78 Å². The summed E-state index contributed by atoms with van der Waals surface area (Å²) in [5.41, 5.74) is 1.76. The Morgan fingerprint density at radius 1 is 1.16 bits per heavy atom. The minimum Gasteiger partial charge on any atom is -0.465 e. The quantitative estimate of drug-likeness (QED) is 0.559. The van der Waals surface area contributed by atoms with E-state index in [2.05, 4.69) is 15.2 Å². The smallest absolute Gasteiger partial charge is 0.340 e. The number of hydrogen-bond donors (Lipinski definition) is 1. The van der Waals surface area contributed by atoms with Crippen LogP contribution in [0.25, 0.3) is 5.69 Å². The molecule has 160 valence electrons. The number of carbonyl (C=O) groups is 2. The van der Waals surface area contributed by atoms with Gasteiger partial charge in [0, 0.05) is 17.0 Å². The second kappa shape index (κ2) is 8.11. The van der Waals surface area contributed by atoms with Crippen LogP contribution in [0.4, 0.5) is 14.5 Å². The molecule has 0 aliphatic heterocycles. The highest BCUT2D eigenvalue weighted by molar-refractivity contribution is 6.31. The van der Waals surface area contributed by atoms with E-state index in [-0.39, 0.29) is 17.2 Å². The maximum absolute atomic E-state index is 14.3. The molecule has 1 heterocycles. The van der Waals surface area contributed by atoms with Gasteiger partial charge in [0.15, 0.2) is 0 Å². The van der Waals surface area contributed by atoms with E-state index < -0.39 is 29.1 Å². The van der Waals surface area contributed by atoms with Crippen molar-refractivity contribution in [2.45, 2.75) is 25.7 Å². The Hall–Kier alpha value is -3.26. The zero-order chi connectivity index (χ0) is 22.3. The zero-order valence-electron chi connectivity index (χ0n) is 16.7. The number of amides is 1. The Kier molecular flexibility index (Phi) is 5.49. The summed E-state index contributed by atoms with van der Waals surface area (Å²) in [7, 11) is 1.08. The predicted octanol–water partition coefficient (Wildman–Crippen LogP) is 5.03. The van der Waals surface area contributed by atoms with Crippen molar-refractivity contribution < 1.29 is 23.1 Å². The first-order valence-electron chi connectivity index (χ1n) is 9.53. The Morgan fingerprint density at radius 2 is 1.90 bits per heavy atom. The number of halogens is 3. The molecular weight excluding hydrogens is 428 g/mol. The number of hydrogen-bond acceptors (Lipinski definition) is 4. The van der Waals surface area contributed by atoms with Gasteiger partial charge in [-0.15, -0.1) is 0 Å². The number of aromatic nitrogens is 2. The minimum atomic E-state index is -1.08. The van der Waals surface area contributed by atoms with Crippen molar-refractivity contribution in [3.8, 4) is 5.69 Å². The molecule has 6 nitrogen and oxygen atoms in total. The highest BCUT2D eigenvalue weighted by Gasteiger charge is 2.33. The van der Waals surface area contributed by atoms with Crippen LogP contribution in [0.5, 0.6) is 0 Å². The molecule has 0 unspecified atom stereocenters. The summed E-state index contributed by atoms with van der Waals surface area (Å²) < 4.78 is 34.3. The molecular formula is C22H18ClF2N3O3. The van der Waals surface area contributed by atoms with Gasteiger partial charge in [-0.2, -0.15) is 5.10 Å². The number of carbonyl (C=O) groups excluding carboxylic acids is 2. The van der Waals surface area contributed by atoms with E-state index in [4.69, 9.17) is 11.6 Å². The van der Waals surface area contributed by atoms with E-state index in [0.717, 1.165) is 31.6 Å². The number of esters is 1. The van der Waals surface area contributed by atoms with Crippen LogP contribution < -0.4 is 5.32 Å². The molecule has 1 aromatic heterocycles. The van der Waals surface area contributed by atoms with Crippen LogP contribution in [0.3, 0.4) is 0 Å². The molecule has 1 saturated carbocycles. The Bertz CT molecular complexity index is 1200. The molecule has 1 N–H and O–H groups in total. The molecule has 1 fully saturated rings. The van der Waals surface area contributed by atoms with E-state index >= 15 is 0 Å². The Morgan fingerprint density at radius 3 is 2.55 bits per heavy atom. The van der Waals surface area contributed by atoms with Crippen LogP contribution in [0, 0.1) is 18.6 Å². The number of ether oxygens (including phenoxy) is 1. The second-order valence-electron chi connectivity index (χ2n) is 7.32. The fraction of sp³-hybridized carbons (Fsp3) is 0.227. The summed E-state index contributed by atoms with van der Waals surface area (Å²) in [5, 5.41) is 7.33. The predicted molar refractivity (Wildman–Crippen MR) is 111 cm³/mol. The fourth-order valence-electron chi connectivity index (χ4n) is 3.30. The third-order valence-corrected chi connectivity index (χ3v) is 5.53. The Balaban J connectivity index is 1.69. The topological polar surface area (TPSA) is 73.2 Å². The summed E-state index contributed by atoms with van der Waals surface area (Å²) in [5.74, 6) is -3.55. The minimum absolute atomic E-state index is 0.132. The van der Waals surface area contributed by atoms with Gasteiger partial charge in [0.25, 0.3) is 5.91 Å². The summed E-state index contributed by atoms with van der Waals surface area (Å²) in [6, 6.07) is 6.92. The van der Waals surface area contributed by atoms with E-state index in [0.29, 0.717) is 22.5 Å². The van der Waals surface area contributed by atoms with Gasteiger partial charge in [-0.25, -0.2) is 18.3 Å². The van der Waals surface area contributed by atoms with E-state index in [1.54, 1.807) is 10.7 Å². The maximum atomic E-state index is 14.3. The molecule has 0 bridgehead atoms. The number of nitrogens with zero attached hydrogens (tertiary/aromatic N) is 2. The SMILES string of the molecule is COC(=O)c1cc(NC(=O)c2cnn(-c3ccc(C)c(Cl)c3)c2C2CC2)c(F)cc1F. The van der Waals surface area contributed by atoms with Gasteiger partial charge in [0.2, 0.25) is 0 Å². The monoisotopic (exact) mass is 445 g/mol. The lowest BCUT2D eigenvalue weighted by Crippen LogP contribution is -2.16. The van der Waals surface area contributed by atoms with Crippen LogP contribution in [-0.2, 0) is 4.74 Å². The number of rotatable bonds is 5. The number of nitrogens with one attached hydrogen (secondary N) is 1. The normalized spacial score (nSPS) is 13.2. The van der Waals surface area contributed by atoms with Crippen LogP contribution >= 0.6 is 11.6 Å². The first-order valence-corrected chi connectivity index (χ1v) is 9.91. The molecule has 0 radical (unpaired) electrons. The van der Waals surface area contributed by atoms with E-state index in [1.165, 1.54) is 6.20 Å². The highest BCUT2D eigenvalue weighted by atomic mass is 35.5. The van der Waals surface area contributed by atoms with Crippen LogP contribution in [0.2, 0.25) is 5.02 Å². The molecule has 1 amide bonds. The van der Waals surface area contributed by atoms with Gasteiger partial charge < -0.3 is 10.1 Å². The second-order valence-corrected chi connectivity index (χ2v) is 7.73. The van der Waals surface area contributed by atoms with Gasteiger partial charge in [-0.05, 0) is 43.5 Å². The molecule has 3 aromatic rings. The lowest BCUT2D eigenvalue weighted by molar-refractivity contribution is 0.0595. The van der Waals surface area contributed by atoms with E-state index in [1.807, 2.05) is 19.1 Å². The first kappa shape index (κ1) is 21.0. The van der Waals surface area contributed by atoms with Crippen LogP contribution in [0.15, 0.2) is 36.5 Å². The van der Waals surface area contributed by atoms with Crippen molar-refractivity contribution >= 4 is 29.2 Å². The van der Waals surface area contributed by atoms with Crippen molar-refractivity contribution in [3.63, 3.8) is 0 Å². The standard InChI is InChI=1S/C22H18ClF2N3O3/c1-11-3-6-13(7-16(11)23)28-20(12-4-5-12)15(10-26-28)21(29)27-19-8-14(22(30)31-2)17(24)9-18(19)25/h3,6-10,12H,4-5H2,1-2H3,(H,27,29). The van der Waals surface area contributed by atoms with Gasteiger partial charge in [-0.3, -0.25) is 4.79 Å². The number of aryl methyl sites for hydroxylation is 1. The van der Waals surface area contributed by atoms with Gasteiger partial charge >= 0.3 is 5.97 Å². The van der Waals surface area contributed by atoms with Gasteiger partial charge in [0.1, 0.15) is 11.6 Å². The molecule has 0 spiro atoms. The molecule has 9 heteroatoms. The van der Waals surface area contributed by atoms with Crippen molar-refractivity contribution in [1.29, 1.82) is 0 Å². The van der Waals surface area contributed by atoms with Crippen molar-refractivity contribution in [2.24, 2.45) is 0 Å². The average molecular weight is 446 g/mol. The molecule has 1 aliphatic carbocycles. The zero-order valence-corrected chi connectivity index (χ0v) is 17.5. The van der Waals surface area contributed by atoms with Crippen molar-refractivity contribution in [2.75, 3.05) is 12.4 Å². The number of benzene rings is 2. The van der Waals surface area contributed by atoms with Crippen LogP contribution in [0.1, 0.15) is 50.7 Å². The maximum Gasteiger partial charge on any atom is 0.340 e. The molecule has 0 atom stereocenters. The molecule has 31 heavy (non-hydrogen) atoms. The van der Waals surface area contributed by atoms with Gasteiger partial charge in [0.05, 0.1) is 41.5 Å². The third-order valence-electron chi connectivity index (χ3n) is 5.13. The van der Waals surface area contributed by atoms with Gasteiger partial charge in [-0.1, -0.05) is 17.7 Å². The number of methoxy groups -OCH3 is 1. The molecule has 0 saturated heterocycles. The molecule has 2 aromatic carbocycles. The number of anilines is 1. The Labute approximate surface area is 181 Å². The summed E-state index contributed by atoms with van der Waals surface area (Å²) in [6.07, 6.45) is 3.19. The summed E-state index contributed by atoms with van der Waals surface area (Å²) >= 11 is 6.24. The summed E-state index contributed by atoms with van der Waals surface area (Å²) in [6.45, 7) is 1.88. The van der Waals surface area contributed by atoms with Crippen molar-refractivity contribution in [3.05, 3.63) is 75.6 Å². The highest BCUT2D eigenvalue weighted by Crippen LogP contribution is 2.43. The van der Waals surface area contributed by atoms with E-state index in [9.17, 15) is 18.4 Å². The lowest BCUT2D eigenvalue weighted by Gasteiger charge is -2.11.